The molecule has 94 valence electrons. The van der Waals surface area contributed by atoms with Crippen LogP contribution in [-0.4, -0.2) is 21.5 Å². The summed E-state index contributed by atoms with van der Waals surface area (Å²) >= 11 is 0. The maximum Gasteiger partial charge on any atom is 0.0270 e. The Morgan fingerprint density at radius 2 is 1.06 bits per heavy atom. The minimum Gasteiger partial charge on any atom is -0.265 e. The topological polar surface area (TPSA) is 25.8 Å². The largest absolute Gasteiger partial charge is 0.265 e. The van der Waals surface area contributed by atoms with Gasteiger partial charge in [-0.25, -0.2) is 0 Å². The highest BCUT2D eigenvalue weighted by Gasteiger charge is 1.95. The van der Waals surface area contributed by atoms with Crippen molar-refractivity contribution in [2.24, 2.45) is 0 Å². The lowest BCUT2D eigenvalue weighted by Gasteiger charge is -2.02. The van der Waals surface area contributed by atoms with Crippen molar-refractivity contribution < 1.29 is 0 Å². The Morgan fingerprint density at radius 1 is 0.667 bits per heavy atom. The van der Waals surface area contributed by atoms with E-state index in [1.807, 2.05) is 46.4 Å². The summed E-state index contributed by atoms with van der Waals surface area (Å²) in [6, 6.07) is 8.34. The lowest BCUT2D eigenvalue weighted by molar-refractivity contribution is 1.13. The molecule has 0 radical (unpaired) electrons. The van der Waals surface area contributed by atoms with Crippen LogP contribution in [0.1, 0.15) is 11.1 Å². The smallest absolute Gasteiger partial charge is 0.0270 e. The minimum absolute atomic E-state index is 1.12. The van der Waals surface area contributed by atoms with E-state index in [4.69, 9.17) is 0 Å². The fraction of sp³-hybridized carbons (Fsp3) is 0.286. The van der Waals surface area contributed by atoms with E-state index in [2.05, 4.69) is 34.2 Å². The summed E-state index contributed by atoms with van der Waals surface area (Å²) in [6.45, 7) is 0. The monoisotopic (exact) mass is 276 g/mol. The molecule has 0 fully saturated rings. The lowest BCUT2D eigenvalue weighted by atomic mass is 10.2. The number of aryl methyl sites for hydroxylation is 2. The fourth-order valence-corrected chi connectivity index (χ4v) is 3.62. The molecule has 0 amide bonds. The standard InChI is InChI=1S/C14H16N2S2/c1-7-15-8-2-13(1)5-11-17-18-12-6-14-3-9-16-10-4-14/h1-4,7-10H,5-6,11-12H2. The number of pyridine rings is 2. The first-order valence-corrected chi connectivity index (χ1v) is 8.46. The molecule has 0 aromatic carbocycles. The van der Waals surface area contributed by atoms with Gasteiger partial charge in [-0.2, -0.15) is 0 Å². The molecule has 2 heterocycles. The van der Waals surface area contributed by atoms with Gasteiger partial charge in [-0.15, -0.1) is 0 Å². The molecule has 0 saturated heterocycles. The zero-order valence-electron chi connectivity index (χ0n) is 10.2. The van der Waals surface area contributed by atoms with Crippen LogP contribution >= 0.6 is 21.6 Å². The summed E-state index contributed by atoms with van der Waals surface area (Å²) in [6.07, 6.45) is 9.67. The molecule has 2 aromatic rings. The number of nitrogens with zero attached hydrogens (tertiary/aromatic N) is 2. The summed E-state index contributed by atoms with van der Waals surface area (Å²) < 4.78 is 0. The van der Waals surface area contributed by atoms with Gasteiger partial charge in [-0.1, -0.05) is 21.6 Å². The van der Waals surface area contributed by atoms with Crippen LogP contribution in [0.5, 0.6) is 0 Å². The normalized spacial score (nSPS) is 10.4. The zero-order chi connectivity index (χ0) is 12.5. The predicted molar refractivity (Wildman–Crippen MR) is 80.8 cm³/mol. The molecule has 0 aliphatic heterocycles. The Morgan fingerprint density at radius 3 is 1.44 bits per heavy atom. The van der Waals surface area contributed by atoms with Gasteiger partial charge in [0.05, 0.1) is 0 Å². The third-order valence-electron chi connectivity index (χ3n) is 2.53. The quantitative estimate of drug-likeness (QED) is 0.569. The van der Waals surface area contributed by atoms with Crippen molar-refractivity contribution in [1.29, 1.82) is 0 Å². The minimum atomic E-state index is 1.12. The highest BCUT2D eigenvalue weighted by molar-refractivity contribution is 8.76. The predicted octanol–water partition coefficient (Wildman–Crippen LogP) is 3.64. The molecule has 2 rings (SSSR count). The first-order chi connectivity index (χ1) is 8.95. The van der Waals surface area contributed by atoms with E-state index in [-0.39, 0.29) is 0 Å². The summed E-state index contributed by atoms with van der Waals surface area (Å²) in [4.78, 5) is 8.04. The maximum absolute atomic E-state index is 4.02. The van der Waals surface area contributed by atoms with Crippen LogP contribution in [0, 0.1) is 0 Å². The molecule has 0 atom stereocenters. The van der Waals surface area contributed by atoms with E-state index in [1.54, 1.807) is 0 Å². The molecule has 0 aliphatic rings. The van der Waals surface area contributed by atoms with Crippen molar-refractivity contribution in [1.82, 2.24) is 9.97 Å². The summed E-state index contributed by atoms with van der Waals surface area (Å²) in [5.41, 5.74) is 2.74. The van der Waals surface area contributed by atoms with Gasteiger partial charge in [-0.3, -0.25) is 9.97 Å². The van der Waals surface area contributed by atoms with E-state index in [0.717, 1.165) is 24.3 Å². The first kappa shape index (κ1) is 13.4. The van der Waals surface area contributed by atoms with Crippen molar-refractivity contribution in [2.75, 3.05) is 11.5 Å². The number of aromatic nitrogens is 2. The van der Waals surface area contributed by atoms with Crippen molar-refractivity contribution in [3.05, 3.63) is 60.2 Å². The Balaban J connectivity index is 1.54. The van der Waals surface area contributed by atoms with Gasteiger partial charge in [0, 0.05) is 36.3 Å². The van der Waals surface area contributed by atoms with E-state index < -0.39 is 0 Å². The molecule has 4 heteroatoms. The third-order valence-corrected chi connectivity index (χ3v) is 4.94. The highest BCUT2D eigenvalue weighted by Crippen LogP contribution is 2.23. The van der Waals surface area contributed by atoms with Gasteiger partial charge >= 0.3 is 0 Å². The van der Waals surface area contributed by atoms with Gasteiger partial charge in [-0.05, 0) is 48.2 Å². The fourth-order valence-electron chi connectivity index (χ4n) is 1.54. The van der Waals surface area contributed by atoms with Crippen molar-refractivity contribution in [3.8, 4) is 0 Å². The Hall–Kier alpha value is -1.00. The first-order valence-electron chi connectivity index (χ1n) is 5.97. The molecule has 0 aliphatic carbocycles. The Bertz CT molecular complexity index is 391. The van der Waals surface area contributed by atoms with E-state index in [1.165, 1.54) is 11.1 Å². The molecular weight excluding hydrogens is 260 g/mol. The van der Waals surface area contributed by atoms with Crippen molar-refractivity contribution >= 4 is 21.6 Å². The molecule has 18 heavy (non-hydrogen) atoms. The second kappa shape index (κ2) is 8.16. The van der Waals surface area contributed by atoms with Gasteiger partial charge < -0.3 is 0 Å². The van der Waals surface area contributed by atoms with Gasteiger partial charge in [0.25, 0.3) is 0 Å². The molecule has 2 aromatic heterocycles. The van der Waals surface area contributed by atoms with Gasteiger partial charge in [0.1, 0.15) is 0 Å². The average molecular weight is 276 g/mol. The molecule has 2 nitrogen and oxygen atoms in total. The van der Waals surface area contributed by atoms with E-state index >= 15 is 0 Å². The van der Waals surface area contributed by atoms with Crippen LogP contribution in [0.25, 0.3) is 0 Å². The second-order valence-corrected chi connectivity index (χ2v) is 6.56. The highest BCUT2D eigenvalue weighted by atomic mass is 33.1. The molecule has 0 bridgehead atoms. The third kappa shape index (κ3) is 5.10. The summed E-state index contributed by atoms with van der Waals surface area (Å²) in [5.74, 6) is 2.32. The van der Waals surface area contributed by atoms with Crippen LogP contribution in [-0.2, 0) is 12.8 Å². The van der Waals surface area contributed by atoms with Crippen LogP contribution in [0.4, 0.5) is 0 Å². The SMILES string of the molecule is c1cc(CCSSCCc2ccncc2)ccn1. The second-order valence-electron chi connectivity index (χ2n) is 3.85. The number of rotatable bonds is 7. The van der Waals surface area contributed by atoms with Crippen LogP contribution < -0.4 is 0 Å². The molecule has 0 saturated carbocycles. The molecule has 0 spiro atoms. The lowest BCUT2D eigenvalue weighted by Crippen LogP contribution is -1.89. The number of hydrogen-bond acceptors (Lipinski definition) is 4. The Kier molecular flexibility index (Phi) is 6.09. The Labute approximate surface area is 116 Å². The maximum atomic E-state index is 4.02. The van der Waals surface area contributed by atoms with E-state index in [0.29, 0.717) is 0 Å². The van der Waals surface area contributed by atoms with Crippen LogP contribution in [0.3, 0.4) is 0 Å². The molecule has 0 N–H and O–H groups in total. The van der Waals surface area contributed by atoms with Gasteiger partial charge in [0.15, 0.2) is 0 Å². The summed E-state index contributed by atoms with van der Waals surface area (Å²) in [5, 5.41) is 0. The van der Waals surface area contributed by atoms with Crippen LogP contribution in [0.2, 0.25) is 0 Å². The van der Waals surface area contributed by atoms with Crippen molar-refractivity contribution in [2.45, 2.75) is 12.8 Å². The zero-order valence-corrected chi connectivity index (χ0v) is 11.8. The van der Waals surface area contributed by atoms with Gasteiger partial charge in [0.2, 0.25) is 0 Å². The van der Waals surface area contributed by atoms with Crippen LogP contribution in [0.15, 0.2) is 49.1 Å². The summed E-state index contributed by atoms with van der Waals surface area (Å²) in [7, 11) is 3.90. The average Bonchev–Trinajstić information content (AvgIpc) is 2.45. The van der Waals surface area contributed by atoms with E-state index in [9.17, 15) is 0 Å². The number of hydrogen-bond donors (Lipinski definition) is 0. The molecular formula is C14H16N2S2. The molecule has 0 unspecified atom stereocenters. The van der Waals surface area contributed by atoms with Crippen molar-refractivity contribution in [3.63, 3.8) is 0 Å².